The van der Waals surface area contributed by atoms with Crippen molar-refractivity contribution in [1.29, 1.82) is 0 Å². The lowest BCUT2D eigenvalue weighted by Gasteiger charge is -2.15. The molecular formula is C11H16BrNOS. The SMILES string of the molecule is CC(O)C(C)SCc1c(N)cccc1Br. The van der Waals surface area contributed by atoms with Crippen LogP contribution >= 0.6 is 27.7 Å². The lowest BCUT2D eigenvalue weighted by atomic mass is 10.2. The summed E-state index contributed by atoms with van der Waals surface area (Å²) < 4.78 is 1.03. The van der Waals surface area contributed by atoms with Gasteiger partial charge in [-0.1, -0.05) is 28.9 Å². The molecule has 2 atom stereocenters. The number of benzene rings is 1. The number of aliphatic hydroxyl groups is 1. The second kappa shape index (κ2) is 5.77. The fourth-order valence-electron chi connectivity index (χ4n) is 1.08. The van der Waals surface area contributed by atoms with Gasteiger partial charge in [0.1, 0.15) is 0 Å². The van der Waals surface area contributed by atoms with Crippen molar-refractivity contribution in [1.82, 2.24) is 0 Å². The summed E-state index contributed by atoms with van der Waals surface area (Å²) in [7, 11) is 0. The monoisotopic (exact) mass is 289 g/mol. The van der Waals surface area contributed by atoms with Gasteiger partial charge in [0.05, 0.1) is 6.10 Å². The van der Waals surface area contributed by atoms with E-state index in [1.807, 2.05) is 25.1 Å². The topological polar surface area (TPSA) is 46.2 Å². The highest BCUT2D eigenvalue weighted by molar-refractivity contribution is 9.10. The third-order valence-corrected chi connectivity index (χ3v) is 4.44. The normalized spacial score (nSPS) is 14.9. The van der Waals surface area contributed by atoms with Crippen molar-refractivity contribution in [3.05, 3.63) is 28.2 Å². The molecule has 0 fully saturated rings. The highest BCUT2D eigenvalue weighted by atomic mass is 79.9. The van der Waals surface area contributed by atoms with Crippen LogP contribution in [0.15, 0.2) is 22.7 Å². The first-order chi connectivity index (χ1) is 7.02. The molecule has 0 saturated heterocycles. The molecule has 84 valence electrons. The summed E-state index contributed by atoms with van der Waals surface area (Å²) in [6.07, 6.45) is -0.293. The third-order valence-electron chi connectivity index (χ3n) is 2.32. The zero-order chi connectivity index (χ0) is 11.4. The molecule has 0 spiro atoms. The van der Waals surface area contributed by atoms with Crippen LogP contribution in [0.25, 0.3) is 0 Å². The fourth-order valence-corrected chi connectivity index (χ4v) is 2.82. The van der Waals surface area contributed by atoms with Crippen LogP contribution in [0.2, 0.25) is 0 Å². The molecule has 0 aromatic heterocycles. The maximum absolute atomic E-state index is 9.37. The van der Waals surface area contributed by atoms with Crippen LogP contribution < -0.4 is 5.73 Å². The minimum absolute atomic E-state index is 0.219. The van der Waals surface area contributed by atoms with Crippen LogP contribution in [0.1, 0.15) is 19.4 Å². The van der Waals surface area contributed by atoms with Crippen LogP contribution in [0, 0.1) is 0 Å². The molecule has 1 rings (SSSR count). The molecule has 1 aromatic rings. The van der Waals surface area contributed by atoms with E-state index in [0.717, 1.165) is 21.5 Å². The van der Waals surface area contributed by atoms with E-state index in [2.05, 4.69) is 15.9 Å². The second-order valence-electron chi connectivity index (χ2n) is 3.56. The fraction of sp³-hybridized carbons (Fsp3) is 0.455. The first kappa shape index (κ1) is 12.9. The molecule has 2 nitrogen and oxygen atoms in total. The highest BCUT2D eigenvalue weighted by Crippen LogP contribution is 2.29. The Morgan fingerprint density at radius 1 is 1.47 bits per heavy atom. The maximum Gasteiger partial charge on any atom is 0.0628 e. The molecule has 0 saturated carbocycles. The van der Waals surface area contributed by atoms with Gasteiger partial charge in [0.15, 0.2) is 0 Å². The largest absolute Gasteiger partial charge is 0.398 e. The van der Waals surface area contributed by atoms with E-state index in [4.69, 9.17) is 5.73 Å². The molecule has 3 N–H and O–H groups in total. The van der Waals surface area contributed by atoms with Crippen molar-refractivity contribution in [3.8, 4) is 0 Å². The van der Waals surface area contributed by atoms with Gasteiger partial charge in [0.2, 0.25) is 0 Å². The minimum Gasteiger partial charge on any atom is -0.398 e. The minimum atomic E-state index is -0.293. The van der Waals surface area contributed by atoms with E-state index in [9.17, 15) is 5.11 Å². The standard InChI is InChI=1S/C11H16BrNOS/c1-7(14)8(2)15-6-9-10(12)4-3-5-11(9)13/h3-5,7-8,14H,6,13H2,1-2H3. The summed E-state index contributed by atoms with van der Waals surface area (Å²) in [6.45, 7) is 3.82. The van der Waals surface area contributed by atoms with Crippen LogP contribution in [-0.2, 0) is 5.75 Å². The van der Waals surface area contributed by atoms with Gasteiger partial charge >= 0.3 is 0 Å². The number of thioether (sulfide) groups is 1. The summed E-state index contributed by atoms with van der Waals surface area (Å²) in [4.78, 5) is 0. The van der Waals surface area contributed by atoms with Gasteiger partial charge < -0.3 is 10.8 Å². The Hall–Kier alpha value is -0.190. The molecule has 2 unspecified atom stereocenters. The summed E-state index contributed by atoms with van der Waals surface area (Å²) in [5.74, 6) is 0.819. The maximum atomic E-state index is 9.37. The molecule has 15 heavy (non-hydrogen) atoms. The molecule has 0 aliphatic rings. The molecule has 0 heterocycles. The molecule has 1 aromatic carbocycles. The summed E-state index contributed by atoms with van der Waals surface area (Å²) in [5.41, 5.74) is 7.78. The summed E-state index contributed by atoms with van der Waals surface area (Å²) in [6, 6.07) is 5.80. The van der Waals surface area contributed by atoms with Crippen molar-refractivity contribution in [2.24, 2.45) is 0 Å². The first-order valence-electron chi connectivity index (χ1n) is 4.85. The average molecular weight is 290 g/mol. The van der Waals surface area contributed by atoms with Gasteiger partial charge in [-0.05, 0) is 24.6 Å². The molecule has 0 amide bonds. The zero-order valence-corrected chi connectivity index (χ0v) is 11.3. The van der Waals surface area contributed by atoms with Crippen molar-refractivity contribution in [2.75, 3.05) is 5.73 Å². The van der Waals surface area contributed by atoms with E-state index < -0.39 is 0 Å². The smallest absolute Gasteiger partial charge is 0.0628 e. The van der Waals surface area contributed by atoms with E-state index in [-0.39, 0.29) is 11.4 Å². The Morgan fingerprint density at radius 3 is 2.67 bits per heavy atom. The molecule has 0 aliphatic heterocycles. The van der Waals surface area contributed by atoms with Crippen molar-refractivity contribution in [2.45, 2.75) is 31.0 Å². The molecular weight excluding hydrogens is 274 g/mol. The van der Waals surface area contributed by atoms with Crippen LogP contribution in [0.3, 0.4) is 0 Å². The van der Waals surface area contributed by atoms with E-state index in [0.29, 0.717) is 0 Å². The summed E-state index contributed by atoms with van der Waals surface area (Å²) >= 11 is 5.18. The molecule has 0 radical (unpaired) electrons. The number of hydrogen-bond donors (Lipinski definition) is 2. The Balaban J connectivity index is 2.65. The van der Waals surface area contributed by atoms with E-state index in [1.54, 1.807) is 18.7 Å². The Kier molecular flexibility index (Phi) is 4.96. The van der Waals surface area contributed by atoms with Gasteiger partial charge in [-0.15, -0.1) is 0 Å². The number of rotatable bonds is 4. The van der Waals surface area contributed by atoms with Crippen molar-refractivity contribution < 1.29 is 5.11 Å². The number of aliphatic hydroxyl groups excluding tert-OH is 1. The number of halogens is 1. The highest BCUT2D eigenvalue weighted by Gasteiger charge is 2.11. The van der Waals surface area contributed by atoms with E-state index in [1.165, 1.54) is 0 Å². The number of hydrogen-bond acceptors (Lipinski definition) is 3. The predicted molar refractivity (Wildman–Crippen MR) is 71.0 cm³/mol. The molecule has 0 aliphatic carbocycles. The first-order valence-corrected chi connectivity index (χ1v) is 6.69. The number of nitrogen functional groups attached to an aromatic ring is 1. The number of anilines is 1. The lowest BCUT2D eigenvalue weighted by Crippen LogP contribution is -2.15. The van der Waals surface area contributed by atoms with E-state index >= 15 is 0 Å². The quantitative estimate of drug-likeness (QED) is 0.838. The lowest BCUT2D eigenvalue weighted by molar-refractivity contribution is 0.196. The third kappa shape index (κ3) is 3.70. The van der Waals surface area contributed by atoms with Gasteiger partial charge in [-0.3, -0.25) is 0 Å². The van der Waals surface area contributed by atoms with Gasteiger partial charge in [0.25, 0.3) is 0 Å². The van der Waals surface area contributed by atoms with Gasteiger partial charge in [-0.2, -0.15) is 11.8 Å². The van der Waals surface area contributed by atoms with Crippen molar-refractivity contribution in [3.63, 3.8) is 0 Å². The molecule has 4 heteroatoms. The Bertz CT molecular complexity index is 310. The van der Waals surface area contributed by atoms with Crippen LogP contribution in [-0.4, -0.2) is 16.5 Å². The Labute approximate surface area is 103 Å². The van der Waals surface area contributed by atoms with Gasteiger partial charge in [-0.25, -0.2) is 0 Å². The van der Waals surface area contributed by atoms with Crippen LogP contribution in [0.4, 0.5) is 5.69 Å². The van der Waals surface area contributed by atoms with Crippen molar-refractivity contribution >= 4 is 33.4 Å². The zero-order valence-electron chi connectivity index (χ0n) is 8.90. The average Bonchev–Trinajstić information content (AvgIpc) is 2.16. The number of nitrogens with two attached hydrogens (primary N) is 1. The molecule has 0 bridgehead atoms. The second-order valence-corrected chi connectivity index (χ2v) is 5.78. The van der Waals surface area contributed by atoms with Crippen LogP contribution in [0.5, 0.6) is 0 Å². The summed E-state index contributed by atoms with van der Waals surface area (Å²) in [5, 5.41) is 9.59. The predicted octanol–water partition coefficient (Wildman–Crippen LogP) is 3.03. The van der Waals surface area contributed by atoms with Gasteiger partial charge in [0, 0.05) is 21.2 Å². The Morgan fingerprint density at radius 2 is 2.13 bits per heavy atom.